The van der Waals surface area contributed by atoms with Crippen molar-refractivity contribution in [2.75, 3.05) is 14.2 Å². The number of hydrogen-bond acceptors (Lipinski definition) is 6. The minimum absolute atomic E-state index is 0.0193. The maximum atomic E-state index is 14.0. The molecule has 1 amide bonds. The molecular weight excluding hydrogens is 502 g/mol. The van der Waals surface area contributed by atoms with E-state index in [0.29, 0.717) is 61.1 Å². The molecular formula is C30H39NO6S. The van der Waals surface area contributed by atoms with Gasteiger partial charge in [-0.3, -0.25) is 14.4 Å². The van der Waals surface area contributed by atoms with Crippen LogP contribution in [-0.2, 0) is 16.1 Å². The Morgan fingerprint density at radius 1 is 1.08 bits per heavy atom. The van der Waals surface area contributed by atoms with Crippen LogP contribution in [0.4, 0.5) is 0 Å². The number of carbonyl (C=O) groups is 3. The lowest BCUT2D eigenvalue weighted by molar-refractivity contribution is -0.148. The molecule has 1 aromatic heterocycles. The zero-order valence-corrected chi connectivity index (χ0v) is 23.6. The van der Waals surface area contributed by atoms with E-state index in [1.54, 1.807) is 14.2 Å². The van der Waals surface area contributed by atoms with E-state index in [4.69, 9.17) is 14.6 Å². The highest BCUT2D eigenvalue weighted by molar-refractivity contribution is 7.08. The van der Waals surface area contributed by atoms with E-state index in [0.717, 1.165) is 18.4 Å². The Bertz CT molecular complexity index is 1140. The Morgan fingerprint density at radius 3 is 2.47 bits per heavy atom. The number of aliphatic carboxylic acids is 1. The standard InChI is InChI=1S/C30H39NO6S/c1-30(2)22-13-21(14-23(32)7-5-6-8-27(33)34)28(25(30)15-22)31(29(35)20-11-12-38-18-20)17-19-9-10-24(36-3)16-26(19)37-4/h9-12,16,18,21-22,25,28H,5-8,13-15,17H2,1-4H3,(H,33,34)/t21-,22+,25+,28-/m1/s1. The van der Waals surface area contributed by atoms with Crippen LogP contribution in [0, 0.1) is 23.2 Å². The summed E-state index contributed by atoms with van der Waals surface area (Å²) in [7, 11) is 3.23. The Balaban J connectivity index is 1.63. The number of carboxylic acid groups (broad SMARTS) is 1. The number of methoxy groups -OCH3 is 2. The largest absolute Gasteiger partial charge is 0.497 e. The van der Waals surface area contributed by atoms with E-state index in [1.807, 2.05) is 39.9 Å². The Hall–Kier alpha value is -2.87. The van der Waals surface area contributed by atoms with Gasteiger partial charge in [0.2, 0.25) is 0 Å². The van der Waals surface area contributed by atoms with Crippen molar-refractivity contribution < 1.29 is 29.0 Å². The third kappa shape index (κ3) is 5.90. The number of thiophene rings is 1. The number of ketones is 1. The van der Waals surface area contributed by atoms with Gasteiger partial charge in [0.05, 0.1) is 19.8 Å². The number of Topliss-reactive ketones (excluding diaryl/α,β-unsaturated/α-hetero) is 1. The number of carbonyl (C=O) groups excluding carboxylic acids is 2. The van der Waals surface area contributed by atoms with Gasteiger partial charge in [-0.1, -0.05) is 13.8 Å². The third-order valence-electron chi connectivity index (χ3n) is 8.84. The summed E-state index contributed by atoms with van der Waals surface area (Å²) in [6.07, 6.45) is 3.98. The monoisotopic (exact) mass is 541 g/mol. The summed E-state index contributed by atoms with van der Waals surface area (Å²) in [4.78, 5) is 39.9. The number of ether oxygens (including phenoxy) is 2. The zero-order chi connectivity index (χ0) is 27.4. The molecule has 0 saturated heterocycles. The number of amides is 1. The molecule has 0 spiro atoms. The van der Waals surface area contributed by atoms with Gasteiger partial charge in [0.15, 0.2) is 0 Å². The molecule has 4 atom stereocenters. The molecule has 5 rings (SSSR count). The fraction of sp³-hybridized carbons (Fsp3) is 0.567. The Morgan fingerprint density at radius 2 is 1.84 bits per heavy atom. The summed E-state index contributed by atoms with van der Waals surface area (Å²) in [6, 6.07) is 7.47. The average molecular weight is 542 g/mol. The third-order valence-corrected chi connectivity index (χ3v) is 9.52. The normalized spacial score (nSPS) is 23.3. The summed E-state index contributed by atoms with van der Waals surface area (Å²) in [5.41, 5.74) is 1.67. The van der Waals surface area contributed by atoms with Crippen molar-refractivity contribution in [2.45, 2.75) is 71.4 Å². The number of unbranched alkanes of at least 4 members (excludes halogenated alkanes) is 1. The predicted molar refractivity (Wildman–Crippen MR) is 147 cm³/mol. The molecule has 1 heterocycles. The van der Waals surface area contributed by atoms with Gasteiger partial charge in [0.25, 0.3) is 5.91 Å². The lowest BCUT2D eigenvalue weighted by Gasteiger charge is -2.64. The number of carboxylic acids is 1. The zero-order valence-electron chi connectivity index (χ0n) is 22.8. The fourth-order valence-electron chi connectivity index (χ4n) is 6.57. The van der Waals surface area contributed by atoms with Crippen LogP contribution in [0.2, 0.25) is 0 Å². The second kappa shape index (κ2) is 11.9. The van der Waals surface area contributed by atoms with Crippen LogP contribution in [0.3, 0.4) is 0 Å². The van der Waals surface area contributed by atoms with Crippen molar-refractivity contribution in [2.24, 2.45) is 23.2 Å². The Kier molecular flexibility index (Phi) is 8.81. The van der Waals surface area contributed by atoms with Crippen molar-refractivity contribution in [3.8, 4) is 11.5 Å². The van der Waals surface area contributed by atoms with Gasteiger partial charge in [-0.05, 0) is 72.4 Å². The molecule has 3 fully saturated rings. The van der Waals surface area contributed by atoms with Crippen molar-refractivity contribution in [3.05, 3.63) is 46.2 Å². The van der Waals surface area contributed by atoms with Crippen molar-refractivity contribution in [3.63, 3.8) is 0 Å². The molecule has 2 aromatic rings. The first-order valence-corrected chi connectivity index (χ1v) is 14.4. The molecule has 3 aliphatic rings. The molecule has 3 aliphatic carbocycles. The molecule has 0 radical (unpaired) electrons. The predicted octanol–water partition coefficient (Wildman–Crippen LogP) is 6.06. The molecule has 38 heavy (non-hydrogen) atoms. The molecule has 0 unspecified atom stereocenters. The van der Waals surface area contributed by atoms with E-state index in [1.165, 1.54) is 11.3 Å². The summed E-state index contributed by atoms with van der Waals surface area (Å²) in [5.74, 6) is 1.59. The van der Waals surface area contributed by atoms with Crippen LogP contribution in [0.1, 0.15) is 74.7 Å². The minimum atomic E-state index is -0.830. The molecule has 3 saturated carbocycles. The second-order valence-electron chi connectivity index (χ2n) is 11.3. The van der Waals surface area contributed by atoms with Gasteiger partial charge in [-0.25, -0.2) is 0 Å². The summed E-state index contributed by atoms with van der Waals surface area (Å²) in [5, 5.41) is 12.7. The average Bonchev–Trinajstić information content (AvgIpc) is 3.44. The highest BCUT2D eigenvalue weighted by atomic mass is 32.1. The molecule has 1 aromatic carbocycles. The smallest absolute Gasteiger partial charge is 0.303 e. The van der Waals surface area contributed by atoms with Crippen molar-refractivity contribution in [1.82, 2.24) is 4.90 Å². The first-order valence-electron chi connectivity index (χ1n) is 13.4. The number of rotatable bonds is 13. The maximum absolute atomic E-state index is 14.0. The summed E-state index contributed by atoms with van der Waals surface area (Å²) < 4.78 is 11.1. The highest BCUT2D eigenvalue weighted by Crippen LogP contribution is 2.62. The molecule has 2 bridgehead atoms. The number of benzene rings is 1. The number of fused-ring (bicyclic) bond motifs is 2. The van der Waals surface area contributed by atoms with Crippen LogP contribution in [-0.4, -0.2) is 47.9 Å². The van der Waals surface area contributed by atoms with E-state index in [-0.39, 0.29) is 35.5 Å². The lowest BCUT2D eigenvalue weighted by atomic mass is 9.44. The van der Waals surface area contributed by atoms with E-state index in [2.05, 4.69) is 13.8 Å². The number of hydrogen-bond donors (Lipinski definition) is 1. The first kappa shape index (κ1) is 28.1. The molecule has 1 N–H and O–H groups in total. The van der Waals surface area contributed by atoms with Crippen LogP contribution in [0.15, 0.2) is 35.0 Å². The van der Waals surface area contributed by atoms with E-state index in [9.17, 15) is 14.4 Å². The molecule has 8 heteroatoms. The van der Waals surface area contributed by atoms with Gasteiger partial charge in [0, 0.05) is 48.9 Å². The van der Waals surface area contributed by atoms with Crippen LogP contribution in [0.5, 0.6) is 11.5 Å². The molecule has 206 valence electrons. The van der Waals surface area contributed by atoms with Gasteiger partial charge in [-0.15, -0.1) is 0 Å². The van der Waals surface area contributed by atoms with E-state index >= 15 is 0 Å². The van der Waals surface area contributed by atoms with Gasteiger partial charge >= 0.3 is 5.97 Å². The van der Waals surface area contributed by atoms with Crippen LogP contribution < -0.4 is 9.47 Å². The second-order valence-corrected chi connectivity index (χ2v) is 12.1. The van der Waals surface area contributed by atoms with Gasteiger partial charge in [-0.2, -0.15) is 11.3 Å². The van der Waals surface area contributed by atoms with Gasteiger partial charge in [0.1, 0.15) is 17.3 Å². The highest BCUT2D eigenvalue weighted by Gasteiger charge is 2.59. The molecule has 7 nitrogen and oxygen atoms in total. The van der Waals surface area contributed by atoms with Crippen LogP contribution in [0.25, 0.3) is 0 Å². The summed E-state index contributed by atoms with van der Waals surface area (Å²) in [6.45, 7) is 4.97. The Labute approximate surface area is 229 Å². The topological polar surface area (TPSA) is 93.1 Å². The van der Waals surface area contributed by atoms with Crippen molar-refractivity contribution >= 4 is 29.0 Å². The quantitative estimate of drug-likeness (QED) is 0.310. The van der Waals surface area contributed by atoms with Gasteiger partial charge < -0.3 is 19.5 Å². The maximum Gasteiger partial charge on any atom is 0.303 e. The summed E-state index contributed by atoms with van der Waals surface area (Å²) >= 11 is 1.50. The first-order chi connectivity index (χ1) is 18.1. The minimum Gasteiger partial charge on any atom is -0.497 e. The van der Waals surface area contributed by atoms with Crippen molar-refractivity contribution in [1.29, 1.82) is 0 Å². The lowest BCUT2D eigenvalue weighted by Crippen LogP contribution is -2.64. The van der Waals surface area contributed by atoms with E-state index < -0.39 is 5.97 Å². The number of nitrogens with zero attached hydrogens (tertiary/aromatic N) is 1. The molecule has 0 aliphatic heterocycles. The van der Waals surface area contributed by atoms with Crippen LogP contribution >= 0.6 is 11.3 Å². The fourth-order valence-corrected chi connectivity index (χ4v) is 7.20. The SMILES string of the molecule is COc1ccc(CN(C(=O)c2ccsc2)[C@@H]2[C@@H](CC(=O)CCCCC(=O)O)C[C@H]3C[C@@H]2C3(C)C)c(OC)c1.